The van der Waals surface area contributed by atoms with Crippen LogP contribution < -0.4 is 5.32 Å². The monoisotopic (exact) mass is 272 g/mol. The van der Waals surface area contributed by atoms with Crippen LogP contribution >= 0.6 is 23.2 Å². The lowest BCUT2D eigenvalue weighted by atomic mass is 10.2. The SMILES string of the molecule is Cc1ccc(F)cc1Nc1nc(Cl)nnc1Cl. The second-order valence-electron chi connectivity index (χ2n) is 3.30. The van der Waals surface area contributed by atoms with E-state index in [0.29, 0.717) is 5.69 Å². The number of aromatic nitrogens is 3. The second kappa shape index (κ2) is 4.81. The maximum atomic E-state index is 13.1. The summed E-state index contributed by atoms with van der Waals surface area (Å²) < 4.78 is 13.1. The second-order valence-corrected chi connectivity index (χ2v) is 4.00. The molecule has 2 aromatic rings. The minimum Gasteiger partial charge on any atom is -0.337 e. The van der Waals surface area contributed by atoms with Gasteiger partial charge in [0.25, 0.3) is 0 Å². The Bertz CT molecular complexity index is 512. The zero-order valence-corrected chi connectivity index (χ0v) is 10.2. The van der Waals surface area contributed by atoms with Gasteiger partial charge in [0.2, 0.25) is 5.28 Å². The van der Waals surface area contributed by atoms with Crippen LogP contribution in [0.25, 0.3) is 0 Å². The molecule has 1 aromatic heterocycles. The maximum absolute atomic E-state index is 13.1. The van der Waals surface area contributed by atoms with Crippen LogP contribution in [0.15, 0.2) is 18.2 Å². The van der Waals surface area contributed by atoms with Crippen molar-refractivity contribution in [1.82, 2.24) is 15.2 Å². The number of aryl methyl sites for hydroxylation is 1. The Balaban J connectivity index is 2.37. The van der Waals surface area contributed by atoms with Crippen molar-refractivity contribution in [3.63, 3.8) is 0 Å². The van der Waals surface area contributed by atoms with Crippen LogP contribution in [-0.4, -0.2) is 15.2 Å². The van der Waals surface area contributed by atoms with Crippen molar-refractivity contribution >= 4 is 34.7 Å². The lowest BCUT2D eigenvalue weighted by Crippen LogP contribution is -2.00. The van der Waals surface area contributed by atoms with Gasteiger partial charge in [-0.15, -0.1) is 10.2 Å². The number of nitrogens with one attached hydrogen (secondary N) is 1. The van der Waals surface area contributed by atoms with Gasteiger partial charge in [0.15, 0.2) is 11.0 Å². The third kappa shape index (κ3) is 2.81. The normalized spacial score (nSPS) is 10.4. The Morgan fingerprint density at radius 1 is 1.24 bits per heavy atom. The first-order valence-electron chi connectivity index (χ1n) is 4.65. The summed E-state index contributed by atoms with van der Waals surface area (Å²) in [6.45, 7) is 1.83. The summed E-state index contributed by atoms with van der Waals surface area (Å²) >= 11 is 11.4. The van der Waals surface area contributed by atoms with Gasteiger partial charge in [-0.1, -0.05) is 17.7 Å². The van der Waals surface area contributed by atoms with E-state index in [4.69, 9.17) is 23.2 Å². The van der Waals surface area contributed by atoms with E-state index < -0.39 is 0 Å². The van der Waals surface area contributed by atoms with E-state index in [1.54, 1.807) is 6.07 Å². The summed E-state index contributed by atoms with van der Waals surface area (Å²) in [7, 11) is 0. The molecule has 0 radical (unpaired) electrons. The first kappa shape index (κ1) is 12.0. The topological polar surface area (TPSA) is 50.7 Å². The molecule has 0 atom stereocenters. The largest absolute Gasteiger partial charge is 0.337 e. The van der Waals surface area contributed by atoms with Crippen LogP contribution in [0.1, 0.15) is 5.56 Å². The number of hydrogen-bond donors (Lipinski definition) is 1. The lowest BCUT2D eigenvalue weighted by molar-refractivity contribution is 0.628. The Hall–Kier alpha value is -1.46. The molecule has 0 aliphatic rings. The van der Waals surface area contributed by atoms with E-state index in [-0.39, 0.29) is 22.1 Å². The van der Waals surface area contributed by atoms with Gasteiger partial charge in [-0.3, -0.25) is 0 Å². The molecule has 1 heterocycles. The zero-order chi connectivity index (χ0) is 12.4. The Morgan fingerprint density at radius 3 is 2.76 bits per heavy atom. The quantitative estimate of drug-likeness (QED) is 0.911. The van der Waals surface area contributed by atoms with Gasteiger partial charge in [0.1, 0.15) is 5.82 Å². The Morgan fingerprint density at radius 2 is 2.00 bits per heavy atom. The zero-order valence-electron chi connectivity index (χ0n) is 8.71. The van der Waals surface area contributed by atoms with Crippen LogP contribution in [0.3, 0.4) is 0 Å². The molecule has 0 aliphatic heterocycles. The molecular weight excluding hydrogens is 266 g/mol. The molecule has 4 nitrogen and oxygen atoms in total. The molecule has 0 fully saturated rings. The molecule has 7 heteroatoms. The third-order valence-corrected chi connectivity index (χ3v) is 2.49. The predicted octanol–water partition coefficient (Wildman–Crippen LogP) is 3.37. The van der Waals surface area contributed by atoms with Gasteiger partial charge < -0.3 is 5.32 Å². The predicted molar refractivity (Wildman–Crippen MR) is 64.3 cm³/mol. The van der Waals surface area contributed by atoms with Crippen molar-refractivity contribution < 1.29 is 4.39 Å². The molecule has 0 unspecified atom stereocenters. The van der Waals surface area contributed by atoms with Gasteiger partial charge in [-0.2, -0.15) is 4.98 Å². The molecule has 88 valence electrons. The average Bonchev–Trinajstić information content (AvgIpc) is 2.28. The molecule has 0 aliphatic carbocycles. The van der Waals surface area contributed by atoms with Gasteiger partial charge in [0, 0.05) is 5.69 Å². The van der Waals surface area contributed by atoms with E-state index in [1.807, 2.05) is 6.92 Å². The smallest absolute Gasteiger partial charge is 0.245 e. The summed E-state index contributed by atoms with van der Waals surface area (Å²) in [5.41, 5.74) is 1.39. The first-order chi connectivity index (χ1) is 8.06. The molecule has 2 rings (SSSR count). The van der Waals surface area contributed by atoms with Gasteiger partial charge in [-0.05, 0) is 36.2 Å². The number of benzene rings is 1. The summed E-state index contributed by atoms with van der Waals surface area (Å²) in [6.07, 6.45) is 0. The molecule has 1 aromatic carbocycles. The van der Waals surface area contributed by atoms with Gasteiger partial charge in [-0.25, -0.2) is 4.39 Å². The molecule has 17 heavy (non-hydrogen) atoms. The summed E-state index contributed by atoms with van der Waals surface area (Å²) in [5.74, 6) is -0.122. The van der Waals surface area contributed by atoms with Crippen LogP contribution in [0, 0.1) is 12.7 Å². The van der Waals surface area contributed by atoms with E-state index in [0.717, 1.165) is 5.56 Å². The number of hydrogen-bond acceptors (Lipinski definition) is 4. The van der Waals surface area contributed by atoms with Crippen molar-refractivity contribution in [3.8, 4) is 0 Å². The number of nitrogens with zero attached hydrogens (tertiary/aromatic N) is 3. The first-order valence-corrected chi connectivity index (χ1v) is 5.41. The fourth-order valence-electron chi connectivity index (χ4n) is 1.23. The minimum absolute atomic E-state index is 0.0362. The maximum Gasteiger partial charge on any atom is 0.245 e. The molecule has 0 spiro atoms. The van der Waals surface area contributed by atoms with Crippen LogP contribution in [0.4, 0.5) is 15.9 Å². The lowest BCUT2D eigenvalue weighted by Gasteiger charge is -2.09. The van der Waals surface area contributed by atoms with Crippen molar-refractivity contribution in [2.45, 2.75) is 6.92 Å². The molecular formula is C10H7Cl2FN4. The molecule has 1 N–H and O–H groups in total. The summed E-state index contributed by atoms with van der Waals surface area (Å²) in [4.78, 5) is 3.87. The van der Waals surface area contributed by atoms with Crippen molar-refractivity contribution in [1.29, 1.82) is 0 Å². The average molecular weight is 273 g/mol. The summed E-state index contributed by atoms with van der Waals surface area (Å²) in [5, 5.41) is 9.95. The highest BCUT2D eigenvalue weighted by atomic mass is 35.5. The fourth-order valence-corrected chi connectivity index (χ4v) is 1.48. The summed E-state index contributed by atoms with van der Waals surface area (Å²) in [6, 6.07) is 4.34. The standard InChI is InChI=1S/C10H7Cl2FN4/c1-5-2-3-6(13)4-7(5)14-9-8(11)16-17-10(12)15-9/h2-4H,1H3,(H,14,15,17). The van der Waals surface area contributed by atoms with E-state index in [1.165, 1.54) is 12.1 Å². The van der Waals surface area contributed by atoms with Crippen LogP contribution in [0.5, 0.6) is 0 Å². The molecule has 0 bridgehead atoms. The molecule has 0 saturated heterocycles. The fraction of sp³-hybridized carbons (Fsp3) is 0.100. The number of anilines is 2. The van der Waals surface area contributed by atoms with Crippen LogP contribution in [-0.2, 0) is 0 Å². The van der Waals surface area contributed by atoms with E-state index >= 15 is 0 Å². The van der Waals surface area contributed by atoms with Crippen molar-refractivity contribution in [2.75, 3.05) is 5.32 Å². The number of rotatable bonds is 2. The minimum atomic E-state index is -0.359. The van der Waals surface area contributed by atoms with Crippen molar-refractivity contribution in [2.24, 2.45) is 0 Å². The molecule has 0 amide bonds. The highest BCUT2D eigenvalue weighted by Gasteiger charge is 2.08. The highest BCUT2D eigenvalue weighted by Crippen LogP contribution is 2.24. The molecule has 0 saturated carbocycles. The Labute approximate surface area is 107 Å². The van der Waals surface area contributed by atoms with Crippen molar-refractivity contribution in [3.05, 3.63) is 40.0 Å². The Kier molecular flexibility index (Phi) is 3.40. The highest BCUT2D eigenvalue weighted by molar-refractivity contribution is 6.32. The van der Waals surface area contributed by atoms with Crippen LogP contribution in [0.2, 0.25) is 10.4 Å². The third-order valence-electron chi connectivity index (χ3n) is 2.07. The van der Waals surface area contributed by atoms with E-state index in [2.05, 4.69) is 20.5 Å². The van der Waals surface area contributed by atoms with Gasteiger partial charge >= 0.3 is 0 Å². The van der Waals surface area contributed by atoms with E-state index in [9.17, 15) is 4.39 Å². The van der Waals surface area contributed by atoms with Gasteiger partial charge in [0.05, 0.1) is 0 Å². The number of halogens is 3.